The zero-order valence-electron chi connectivity index (χ0n) is 12.2. The third-order valence-corrected chi connectivity index (χ3v) is 5.90. The van der Waals surface area contributed by atoms with Gasteiger partial charge in [0.05, 0.1) is 4.88 Å². The van der Waals surface area contributed by atoms with Crippen LogP contribution in [0.5, 0.6) is 0 Å². The quantitative estimate of drug-likeness (QED) is 0.632. The van der Waals surface area contributed by atoms with E-state index < -0.39 is 0 Å². The third kappa shape index (κ3) is 3.43. The molecule has 1 saturated carbocycles. The molecular weight excluding hydrogens is 266 g/mol. The molecule has 1 heterocycles. The molecule has 20 heavy (non-hydrogen) atoms. The lowest BCUT2D eigenvalue weighted by Gasteiger charge is -2.15. The molecule has 2 aliphatic carbocycles. The maximum absolute atomic E-state index is 12.4. The summed E-state index contributed by atoms with van der Waals surface area (Å²) in [6.07, 6.45) is 13.8. The van der Waals surface area contributed by atoms with E-state index in [1.807, 2.05) is 0 Å². The molecule has 1 aromatic heterocycles. The molecule has 0 saturated heterocycles. The van der Waals surface area contributed by atoms with Crippen LogP contribution < -0.4 is 5.32 Å². The van der Waals surface area contributed by atoms with Gasteiger partial charge >= 0.3 is 0 Å². The Hall–Kier alpha value is -0.830. The molecule has 2 nitrogen and oxygen atoms in total. The van der Waals surface area contributed by atoms with E-state index in [1.165, 1.54) is 68.2 Å². The minimum Gasteiger partial charge on any atom is -0.349 e. The number of carbonyl (C=O) groups is 1. The molecule has 0 spiro atoms. The summed E-state index contributed by atoms with van der Waals surface area (Å²) in [7, 11) is 0. The number of hydrogen-bond donors (Lipinski definition) is 1. The lowest BCUT2D eigenvalue weighted by atomic mass is 10.1. The summed E-state index contributed by atoms with van der Waals surface area (Å²) in [5, 5.41) is 3.27. The van der Waals surface area contributed by atoms with Crippen LogP contribution in [-0.4, -0.2) is 11.9 Å². The number of hydrogen-bond acceptors (Lipinski definition) is 2. The van der Waals surface area contributed by atoms with Crippen molar-refractivity contribution < 1.29 is 4.79 Å². The SMILES string of the molecule is O=C(NC1CCCCCC1)c1cc2c(s1)CCCCC2. The number of aryl methyl sites for hydroxylation is 2. The van der Waals surface area contributed by atoms with Crippen molar-refractivity contribution in [1.29, 1.82) is 0 Å². The number of carbonyl (C=O) groups excluding carboxylic acids is 1. The Balaban J connectivity index is 1.64. The van der Waals surface area contributed by atoms with Gasteiger partial charge in [-0.2, -0.15) is 0 Å². The average molecular weight is 291 g/mol. The van der Waals surface area contributed by atoms with Crippen molar-refractivity contribution in [2.45, 2.75) is 76.7 Å². The Kier molecular flexibility index (Phi) is 4.77. The number of fused-ring (bicyclic) bond motifs is 1. The Labute approximate surface area is 126 Å². The average Bonchev–Trinajstić information content (AvgIpc) is 2.63. The van der Waals surface area contributed by atoms with Gasteiger partial charge in [0.25, 0.3) is 5.91 Å². The summed E-state index contributed by atoms with van der Waals surface area (Å²) in [4.78, 5) is 14.8. The van der Waals surface area contributed by atoms with Crippen molar-refractivity contribution >= 4 is 17.2 Å². The molecule has 0 bridgehead atoms. The van der Waals surface area contributed by atoms with Gasteiger partial charge in [0.2, 0.25) is 0 Å². The first-order valence-corrected chi connectivity index (χ1v) is 9.07. The van der Waals surface area contributed by atoms with E-state index in [0.717, 1.165) is 17.7 Å². The van der Waals surface area contributed by atoms with E-state index in [1.54, 1.807) is 11.3 Å². The maximum atomic E-state index is 12.4. The zero-order chi connectivity index (χ0) is 13.8. The molecule has 3 rings (SSSR count). The topological polar surface area (TPSA) is 29.1 Å². The van der Waals surface area contributed by atoms with E-state index in [0.29, 0.717) is 6.04 Å². The molecular formula is C17H25NOS. The van der Waals surface area contributed by atoms with Gasteiger partial charge in [-0.3, -0.25) is 4.79 Å². The molecule has 3 heteroatoms. The van der Waals surface area contributed by atoms with Crippen LogP contribution in [0.2, 0.25) is 0 Å². The predicted molar refractivity (Wildman–Crippen MR) is 84.5 cm³/mol. The standard InChI is InChI=1S/C17H25NOS/c19-17(18-14-9-5-1-2-6-10-14)16-12-13-8-4-3-7-11-15(13)20-16/h12,14H,1-11H2,(H,18,19). The Morgan fingerprint density at radius 3 is 2.50 bits per heavy atom. The summed E-state index contributed by atoms with van der Waals surface area (Å²) in [6, 6.07) is 2.57. The number of thiophene rings is 1. The number of rotatable bonds is 2. The van der Waals surface area contributed by atoms with Gasteiger partial charge in [-0.05, 0) is 50.2 Å². The van der Waals surface area contributed by atoms with Crippen LogP contribution in [0.1, 0.15) is 77.9 Å². The van der Waals surface area contributed by atoms with Crippen LogP contribution in [0.15, 0.2) is 6.07 Å². The Bertz CT molecular complexity index is 434. The normalized spacial score (nSPS) is 20.8. The second-order valence-electron chi connectivity index (χ2n) is 6.28. The molecule has 1 fully saturated rings. The van der Waals surface area contributed by atoms with Crippen molar-refractivity contribution in [2.75, 3.05) is 0 Å². The molecule has 0 aliphatic heterocycles. The first-order chi connectivity index (χ1) is 9.83. The van der Waals surface area contributed by atoms with Crippen molar-refractivity contribution in [3.05, 3.63) is 21.4 Å². The van der Waals surface area contributed by atoms with E-state index in [9.17, 15) is 4.79 Å². The van der Waals surface area contributed by atoms with Crippen LogP contribution in [0.25, 0.3) is 0 Å². The Morgan fingerprint density at radius 2 is 1.70 bits per heavy atom. The van der Waals surface area contributed by atoms with Gasteiger partial charge < -0.3 is 5.32 Å². The van der Waals surface area contributed by atoms with Crippen LogP contribution in [0.4, 0.5) is 0 Å². The van der Waals surface area contributed by atoms with Crippen LogP contribution in [0, 0.1) is 0 Å². The van der Waals surface area contributed by atoms with Gasteiger partial charge in [-0.1, -0.05) is 32.1 Å². The monoisotopic (exact) mass is 291 g/mol. The fraction of sp³-hybridized carbons (Fsp3) is 0.706. The van der Waals surface area contributed by atoms with Crippen molar-refractivity contribution in [3.63, 3.8) is 0 Å². The van der Waals surface area contributed by atoms with E-state index >= 15 is 0 Å². The van der Waals surface area contributed by atoms with Crippen molar-refractivity contribution in [3.8, 4) is 0 Å². The maximum Gasteiger partial charge on any atom is 0.261 e. The Morgan fingerprint density at radius 1 is 1.00 bits per heavy atom. The molecule has 1 aromatic rings. The molecule has 1 N–H and O–H groups in total. The van der Waals surface area contributed by atoms with Gasteiger partial charge in [-0.25, -0.2) is 0 Å². The lowest BCUT2D eigenvalue weighted by molar-refractivity contribution is 0.0937. The second kappa shape index (κ2) is 6.75. The highest BCUT2D eigenvalue weighted by atomic mass is 32.1. The molecule has 2 aliphatic rings. The molecule has 0 unspecified atom stereocenters. The van der Waals surface area contributed by atoms with Gasteiger partial charge in [0.15, 0.2) is 0 Å². The van der Waals surface area contributed by atoms with Gasteiger partial charge in [0, 0.05) is 10.9 Å². The molecule has 0 radical (unpaired) electrons. The lowest BCUT2D eigenvalue weighted by Crippen LogP contribution is -2.33. The van der Waals surface area contributed by atoms with Crippen molar-refractivity contribution in [1.82, 2.24) is 5.32 Å². The van der Waals surface area contributed by atoms with E-state index in [4.69, 9.17) is 0 Å². The minimum atomic E-state index is 0.176. The van der Waals surface area contributed by atoms with Crippen molar-refractivity contribution in [2.24, 2.45) is 0 Å². The molecule has 0 aromatic carbocycles. The minimum absolute atomic E-state index is 0.176. The van der Waals surface area contributed by atoms with Crippen LogP contribution >= 0.6 is 11.3 Å². The second-order valence-corrected chi connectivity index (χ2v) is 7.42. The fourth-order valence-electron chi connectivity index (χ4n) is 3.46. The summed E-state index contributed by atoms with van der Waals surface area (Å²) in [5.74, 6) is 0.176. The first-order valence-electron chi connectivity index (χ1n) is 8.25. The van der Waals surface area contributed by atoms with E-state index in [2.05, 4.69) is 11.4 Å². The summed E-state index contributed by atoms with van der Waals surface area (Å²) >= 11 is 1.74. The van der Waals surface area contributed by atoms with Gasteiger partial charge in [0.1, 0.15) is 0 Å². The summed E-state index contributed by atoms with van der Waals surface area (Å²) in [6.45, 7) is 0. The smallest absolute Gasteiger partial charge is 0.261 e. The number of nitrogens with one attached hydrogen (secondary N) is 1. The molecule has 0 atom stereocenters. The highest BCUT2D eigenvalue weighted by molar-refractivity contribution is 7.14. The van der Waals surface area contributed by atoms with Gasteiger partial charge in [-0.15, -0.1) is 11.3 Å². The molecule has 110 valence electrons. The summed E-state index contributed by atoms with van der Waals surface area (Å²) in [5.41, 5.74) is 1.44. The van der Waals surface area contributed by atoms with E-state index in [-0.39, 0.29) is 5.91 Å². The highest BCUT2D eigenvalue weighted by Crippen LogP contribution is 2.29. The highest BCUT2D eigenvalue weighted by Gasteiger charge is 2.19. The fourth-order valence-corrected chi connectivity index (χ4v) is 4.62. The number of amides is 1. The molecule has 1 amide bonds. The van der Waals surface area contributed by atoms with Crippen LogP contribution in [-0.2, 0) is 12.8 Å². The van der Waals surface area contributed by atoms with Crippen LogP contribution in [0.3, 0.4) is 0 Å². The third-order valence-electron chi connectivity index (χ3n) is 4.66. The first kappa shape index (κ1) is 14.1. The zero-order valence-corrected chi connectivity index (χ0v) is 13.1. The summed E-state index contributed by atoms with van der Waals surface area (Å²) < 4.78 is 0. The predicted octanol–water partition coefficient (Wildman–Crippen LogP) is 4.47. The largest absolute Gasteiger partial charge is 0.349 e.